The molecule has 0 spiro atoms. The van der Waals surface area contributed by atoms with Gasteiger partial charge in [0.25, 0.3) is 0 Å². The predicted molar refractivity (Wildman–Crippen MR) is 82.4 cm³/mol. The molecule has 1 aromatic heterocycles. The van der Waals surface area contributed by atoms with Crippen LogP contribution in [-0.2, 0) is 12.8 Å². The van der Waals surface area contributed by atoms with Gasteiger partial charge in [0.2, 0.25) is 12.5 Å². The van der Waals surface area contributed by atoms with E-state index in [9.17, 15) is 0 Å². The van der Waals surface area contributed by atoms with Gasteiger partial charge < -0.3 is 15.3 Å². The van der Waals surface area contributed by atoms with E-state index in [1.807, 2.05) is 24.3 Å². The number of nitrogens with two attached hydrogens (primary N) is 1. The van der Waals surface area contributed by atoms with Crippen molar-refractivity contribution in [1.29, 1.82) is 0 Å². The van der Waals surface area contributed by atoms with E-state index >= 15 is 0 Å². The Balaban J connectivity index is 2.41. The topological polar surface area (TPSA) is 65.4 Å². The molecule has 0 aliphatic rings. The van der Waals surface area contributed by atoms with Gasteiger partial charge in [0.05, 0.1) is 19.2 Å². The van der Waals surface area contributed by atoms with Crippen molar-refractivity contribution in [3.8, 4) is 5.75 Å². The maximum Gasteiger partial charge on any atom is 0.221 e. The van der Waals surface area contributed by atoms with Gasteiger partial charge in [0.15, 0.2) is 0 Å². The molecule has 0 aliphatic heterocycles. The van der Waals surface area contributed by atoms with Crippen molar-refractivity contribution in [2.75, 3.05) is 19.4 Å². The molecule has 6 heteroatoms. The maximum absolute atomic E-state index is 6.91. The quantitative estimate of drug-likeness (QED) is 0.681. The number of benzene rings is 1. The summed E-state index contributed by atoms with van der Waals surface area (Å²) < 4.78 is 5.35. The van der Waals surface area contributed by atoms with E-state index in [4.69, 9.17) is 28.6 Å². The molecule has 0 unspecified atom stereocenters. The normalized spacial score (nSPS) is 10.1. The molecular weight excluding hydrogens is 288 g/mol. The van der Waals surface area contributed by atoms with Gasteiger partial charge in [0, 0.05) is 12.0 Å². The second kappa shape index (κ2) is 6.91. The number of ether oxygens (including phenoxy) is 1. The Labute approximate surface area is 128 Å². The molecule has 1 heterocycles. The first-order valence-corrected chi connectivity index (χ1v) is 6.79. The van der Waals surface area contributed by atoms with Gasteiger partial charge >= 0.3 is 0 Å². The van der Waals surface area contributed by atoms with Crippen LogP contribution in [0.15, 0.2) is 24.3 Å². The van der Waals surface area contributed by atoms with Crippen LogP contribution in [0.25, 0.3) is 4.85 Å². The molecule has 0 radical (unpaired) electrons. The van der Waals surface area contributed by atoms with E-state index in [0.29, 0.717) is 24.5 Å². The summed E-state index contributed by atoms with van der Waals surface area (Å²) in [5, 5.41) is 0.327. The summed E-state index contributed by atoms with van der Waals surface area (Å²) in [7, 11) is 1.62. The lowest BCUT2D eigenvalue weighted by molar-refractivity contribution is 0.410. The van der Waals surface area contributed by atoms with Gasteiger partial charge in [0.1, 0.15) is 10.9 Å². The van der Waals surface area contributed by atoms with E-state index in [1.54, 1.807) is 7.11 Å². The molecule has 0 aliphatic carbocycles. The molecule has 21 heavy (non-hydrogen) atoms. The van der Waals surface area contributed by atoms with Gasteiger partial charge in [-0.2, -0.15) is 0 Å². The number of aromatic nitrogens is 2. The minimum absolute atomic E-state index is 0.128. The van der Waals surface area contributed by atoms with Crippen molar-refractivity contribution in [1.82, 2.24) is 9.97 Å². The highest BCUT2D eigenvalue weighted by molar-refractivity contribution is 6.30. The lowest BCUT2D eigenvalue weighted by Gasteiger charge is -2.12. The number of halogens is 1. The van der Waals surface area contributed by atoms with Crippen LogP contribution in [0.1, 0.15) is 16.8 Å². The SMILES string of the molecule is [C-]#[N+]CCc1nc(N)nc(Cl)c1Cc1ccccc1OC. The fourth-order valence-electron chi connectivity index (χ4n) is 2.10. The highest BCUT2D eigenvalue weighted by atomic mass is 35.5. The van der Waals surface area contributed by atoms with Gasteiger partial charge in [-0.3, -0.25) is 0 Å². The Morgan fingerprint density at radius 3 is 2.81 bits per heavy atom. The molecule has 108 valence electrons. The largest absolute Gasteiger partial charge is 0.496 e. The van der Waals surface area contributed by atoms with Gasteiger partial charge in [-0.25, -0.2) is 16.5 Å². The molecule has 2 N–H and O–H groups in total. The first-order valence-electron chi connectivity index (χ1n) is 6.41. The predicted octanol–water partition coefficient (Wildman–Crippen LogP) is 2.77. The lowest BCUT2D eigenvalue weighted by Crippen LogP contribution is -2.08. The zero-order chi connectivity index (χ0) is 15.2. The Kier molecular flexibility index (Phi) is 4.96. The number of hydrogen-bond donors (Lipinski definition) is 1. The van der Waals surface area contributed by atoms with Crippen LogP contribution in [0.4, 0.5) is 5.95 Å². The molecule has 0 atom stereocenters. The molecule has 5 nitrogen and oxygen atoms in total. The minimum atomic E-state index is 0.128. The first kappa shape index (κ1) is 15.1. The van der Waals surface area contributed by atoms with Gasteiger partial charge in [-0.1, -0.05) is 29.8 Å². The molecule has 1 aromatic carbocycles. The smallest absolute Gasteiger partial charge is 0.221 e. The van der Waals surface area contributed by atoms with Crippen molar-refractivity contribution in [2.45, 2.75) is 12.8 Å². The Bertz CT molecular complexity index is 682. The van der Waals surface area contributed by atoms with Gasteiger partial charge in [-0.15, -0.1) is 0 Å². The fraction of sp³-hybridized carbons (Fsp3) is 0.267. The third-order valence-corrected chi connectivity index (χ3v) is 3.39. The number of methoxy groups -OCH3 is 1. The minimum Gasteiger partial charge on any atom is -0.496 e. The van der Waals surface area contributed by atoms with Gasteiger partial charge in [-0.05, 0) is 11.6 Å². The van der Waals surface area contributed by atoms with E-state index < -0.39 is 0 Å². The summed E-state index contributed by atoms with van der Waals surface area (Å²) in [5.74, 6) is 0.908. The van der Waals surface area contributed by atoms with Crippen molar-refractivity contribution in [3.05, 3.63) is 57.7 Å². The summed E-state index contributed by atoms with van der Waals surface area (Å²) in [6.07, 6.45) is 1.04. The third kappa shape index (κ3) is 3.61. The average Bonchev–Trinajstić information content (AvgIpc) is 2.48. The highest BCUT2D eigenvalue weighted by Crippen LogP contribution is 2.26. The molecule has 0 bridgehead atoms. The van der Waals surface area contributed by atoms with Crippen LogP contribution >= 0.6 is 11.6 Å². The zero-order valence-corrected chi connectivity index (χ0v) is 12.4. The standard InChI is InChI=1S/C15H15ClN4O/c1-18-8-7-12-11(14(16)20-15(17)19-12)9-10-5-3-4-6-13(10)21-2/h3-6H,7-9H2,2H3,(H2,17,19,20). The fourth-order valence-corrected chi connectivity index (χ4v) is 2.36. The summed E-state index contributed by atoms with van der Waals surface area (Å²) >= 11 is 6.21. The second-order valence-electron chi connectivity index (χ2n) is 4.42. The summed E-state index contributed by atoms with van der Waals surface area (Å²) in [6.45, 7) is 7.25. The number of nitrogens with zero attached hydrogens (tertiary/aromatic N) is 3. The highest BCUT2D eigenvalue weighted by Gasteiger charge is 2.15. The van der Waals surface area contributed by atoms with Crippen LogP contribution < -0.4 is 10.5 Å². The third-order valence-electron chi connectivity index (χ3n) is 3.08. The summed E-state index contributed by atoms with van der Waals surface area (Å²) in [6, 6.07) is 7.69. The number of para-hydroxylation sites is 1. The van der Waals surface area contributed by atoms with Crippen LogP contribution in [0.2, 0.25) is 5.15 Å². The van der Waals surface area contributed by atoms with Crippen LogP contribution in [-0.4, -0.2) is 23.6 Å². The number of nitrogen functional groups attached to an aromatic ring is 1. The molecule has 0 saturated carbocycles. The second-order valence-corrected chi connectivity index (χ2v) is 4.78. The van der Waals surface area contributed by atoms with Crippen molar-refractivity contribution in [2.24, 2.45) is 0 Å². The average molecular weight is 303 g/mol. The summed E-state index contributed by atoms with van der Waals surface area (Å²) in [5.41, 5.74) is 8.13. The molecule has 0 fully saturated rings. The van der Waals surface area contributed by atoms with E-state index in [0.717, 1.165) is 22.6 Å². The Morgan fingerprint density at radius 1 is 1.33 bits per heavy atom. The monoisotopic (exact) mass is 302 g/mol. The number of rotatable bonds is 5. The number of hydrogen-bond acceptors (Lipinski definition) is 4. The van der Waals surface area contributed by atoms with E-state index in [-0.39, 0.29) is 5.95 Å². The zero-order valence-electron chi connectivity index (χ0n) is 11.6. The van der Waals surface area contributed by atoms with Crippen LogP contribution in [0.5, 0.6) is 5.75 Å². The van der Waals surface area contributed by atoms with Crippen LogP contribution in [0.3, 0.4) is 0 Å². The van der Waals surface area contributed by atoms with E-state index in [1.165, 1.54) is 0 Å². The Morgan fingerprint density at radius 2 is 2.10 bits per heavy atom. The Hall–Kier alpha value is -2.32. The summed E-state index contributed by atoms with van der Waals surface area (Å²) in [4.78, 5) is 11.6. The van der Waals surface area contributed by atoms with Crippen LogP contribution in [0, 0.1) is 6.57 Å². The maximum atomic E-state index is 6.91. The molecule has 0 saturated heterocycles. The number of anilines is 1. The van der Waals surface area contributed by atoms with Crippen molar-refractivity contribution in [3.63, 3.8) is 0 Å². The molecule has 2 rings (SSSR count). The lowest BCUT2D eigenvalue weighted by atomic mass is 10.0. The van der Waals surface area contributed by atoms with E-state index in [2.05, 4.69) is 14.8 Å². The first-order chi connectivity index (χ1) is 10.2. The van der Waals surface area contributed by atoms with Crippen molar-refractivity contribution < 1.29 is 4.74 Å². The molecule has 2 aromatic rings. The van der Waals surface area contributed by atoms with Crippen molar-refractivity contribution >= 4 is 17.5 Å². The molecule has 0 amide bonds. The molecular formula is C15H15ClN4O.